The van der Waals surface area contributed by atoms with Gasteiger partial charge >= 0.3 is 0 Å². The van der Waals surface area contributed by atoms with Gasteiger partial charge in [0.2, 0.25) is 0 Å². The highest BCUT2D eigenvalue weighted by Gasteiger charge is 2.22. The highest BCUT2D eigenvalue weighted by Crippen LogP contribution is 2.13. The fourth-order valence-corrected chi connectivity index (χ4v) is 1.85. The Morgan fingerprint density at radius 2 is 2.12 bits per heavy atom. The molecule has 0 aliphatic carbocycles. The smallest absolute Gasteiger partial charge is 0.272 e. The van der Waals surface area contributed by atoms with Crippen molar-refractivity contribution in [2.75, 3.05) is 13.1 Å². The maximum Gasteiger partial charge on any atom is 0.272 e. The van der Waals surface area contributed by atoms with E-state index in [1.807, 2.05) is 0 Å². The van der Waals surface area contributed by atoms with Crippen LogP contribution in [-0.2, 0) is 0 Å². The van der Waals surface area contributed by atoms with E-state index in [9.17, 15) is 9.90 Å². The lowest BCUT2D eigenvalue weighted by Crippen LogP contribution is -2.40. The van der Waals surface area contributed by atoms with Crippen LogP contribution >= 0.6 is 11.6 Å². The number of amides is 1. The fraction of sp³-hybridized carbons (Fsp3) is 0.455. The van der Waals surface area contributed by atoms with Gasteiger partial charge in [-0.1, -0.05) is 11.6 Å². The summed E-state index contributed by atoms with van der Waals surface area (Å²) in [5.41, 5.74) is 0.404. The summed E-state index contributed by atoms with van der Waals surface area (Å²) >= 11 is 5.70. The van der Waals surface area contributed by atoms with Crippen molar-refractivity contribution >= 4 is 17.5 Å². The van der Waals surface area contributed by atoms with Crippen LogP contribution in [0.4, 0.5) is 0 Å². The third-order valence-corrected chi connectivity index (χ3v) is 2.92. The SMILES string of the molecule is O=C(c1ccc(Cl)cn1)N1CCC(O)CC1. The number of halogens is 1. The van der Waals surface area contributed by atoms with Gasteiger partial charge in [0.1, 0.15) is 5.69 Å². The number of nitrogens with zero attached hydrogens (tertiary/aromatic N) is 2. The van der Waals surface area contributed by atoms with Crippen LogP contribution in [0.25, 0.3) is 0 Å². The molecule has 86 valence electrons. The molecule has 1 aliphatic rings. The number of hydrogen-bond donors (Lipinski definition) is 1. The van der Waals surface area contributed by atoms with E-state index in [0.717, 1.165) is 0 Å². The predicted molar refractivity (Wildman–Crippen MR) is 60.4 cm³/mol. The topological polar surface area (TPSA) is 53.4 Å². The van der Waals surface area contributed by atoms with E-state index in [1.165, 1.54) is 6.20 Å². The van der Waals surface area contributed by atoms with E-state index in [-0.39, 0.29) is 12.0 Å². The van der Waals surface area contributed by atoms with E-state index in [4.69, 9.17) is 11.6 Å². The monoisotopic (exact) mass is 240 g/mol. The molecule has 0 radical (unpaired) electrons. The van der Waals surface area contributed by atoms with Crippen molar-refractivity contribution in [2.45, 2.75) is 18.9 Å². The first-order valence-corrected chi connectivity index (χ1v) is 5.63. The van der Waals surface area contributed by atoms with Crippen molar-refractivity contribution < 1.29 is 9.90 Å². The second kappa shape index (κ2) is 4.80. The Morgan fingerprint density at radius 3 is 2.69 bits per heavy atom. The summed E-state index contributed by atoms with van der Waals surface area (Å²) in [4.78, 5) is 17.7. The maximum absolute atomic E-state index is 12.0. The molecule has 1 N–H and O–H groups in total. The number of aromatic nitrogens is 1. The van der Waals surface area contributed by atoms with Gasteiger partial charge in [0, 0.05) is 19.3 Å². The van der Waals surface area contributed by atoms with Gasteiger partial charge < -0.3 is 10.0 Å². The second-order valence-corrected chi connectivity index (χ2v) is 4.32. The molecule has 1 aliphatic heterocycles. The van der Waals surface area contributed by atoms with Gasteiger partial charge in [0.05, 0.1) is 11.1 Å². The number of aliphatic hydroxyl groups excluding tert-OH is 1. The lowest BCUT2D eigenvalue weighted by atomic mass is 10.1. The first kappa shape index (κ1) is 11.4. The van der Waals surface area contributed by atoms with Crippen molar-refractivity contribution in [1.82, 2.24) is 9.88 Å². The maximum atomic E-state index is 12.0. The predicted octanol–water partition coefficient (Wildman–Crippen LogP) is 1.33. The Balaban J connectivity index is 2.05. The molecule has 1 aromatic heterocycles. The first-order valence-electron chi connectivity index (χ1n) is 5.26. The number of carbonyl (C=O) groups is 1. The van der Waals surface area contributed by atoms with Crippen LogP contribution in [0.5, 0.6) is 0 Å². The number of piperidine rings is 1. The summed E-state index contributed by atoms with van der Waals surface area (Å²) in [6, 6.07) is 3.27. The molecule has 5 heteroatoms. The Morgan fingerprint density at radius 1 is 1.44 bits per heavy atom. The van der Waals surface area contributed by atoms with E-state index < -0.39 is 0 Å². The normalized spacial score (nSPS) is 17.5. The van der Waals surface area contributed by atoms with Crippen molar-refractivity contribution in [2.24, 2.45) is 0 Å². The molecule has 1 saturated heterocycles. The summed E-state index contributed by atoms with van der Waals surface area (Å²) in [7, 11) is 0. The summed E-state index contributed by atoms with van der Waals surface area (Å²) in [5.74, 6) is -0.0939. The summed E-state index contributed by atoms with van der Waals surface area (Å²) < 4.78 is 0. The van der Waals surface area contributed by atoms with Crippen molar-refractivity contribution in [1.29, 1.82) is 0 Å². The summed E-state index contributed by atoms with van der Waals surface area (Å²) in [5, 5.41) is 9.86. The first-order chi connectivity index (χ1) is 7.66. The van der Waals surface area contributed by atoms with E-state index in [2.05, 4.69) is 4.98 Å². The molecule has 0 atom stereocenters. The van der Waals surface area contributed by atoms with Crippen molar-refractivity contribution in [3.8, 4) is 0 Å². The zero-order chi connectivity index (χ0) is 11.5. The molecule has 2 heterocycles. The standard InChI is InChI=1S/C11H13ClN2O2/c12-8-1-2-10(13-7-8)11(16)14-5-3-9(15)4-6-14/h1-2,7,9,15H,3-6H2. The molecule has 1 aromatic rings. The third-order valence-electron chi connectivity index (χ3n) is 2.70. The molecule has 4 nitrogen and oxygen atoms in total. The number of pyridine rings is 1. The third kappa shape index (κ3) is 2.51. The second-order valence-electron chi connectivity index (χ2n) is 3.89. The van der Waals surface area contributed by atoms with Crippen LogP contribution in [0.3, 0.4) is 0 Å². The van der Waals surface area contributed by atoms with Gasteiger partial charge in [0.15, 0.2) is 0 Å². The Kier molecular flexibility index (Phi) is 3.41. The molecule has 2 rings (SSSR count). The van der Waals surface area contributed by atoms with Crippen molar-refractivity contribution in [3.05, 3.63) is 29.0 Å². The van der Waals surface area contributed by atoms with E-state index in [0.29, 0.717) is 36.6 Å². The van der Waals surface area contributed by atoms with Crippen LogP contribution in [0.15, 0.2) is 18.3 Å². The van der Waals surface area contributed by atoms with Gasteiger partial charge in [-0.3, -0.25) is 4.79 Å². The molecule has 1 fully saturated rings. The number of likely N-dealkylation sites (tertiary alicyclic amines) is 1. The Labute approximate surface area is 98.9 Å². The van der Waals surface area contributed by atoms with E-state index in [1.54, 1.807) is 17.0 Å². The summed E-state index contributed by atoms with van der Waals surface area (Å²) in [6.45, 7) is 1.18. The number of rotatable bonds is 1. The molecular weight excluding hydrogens is 228 g/mol. The van der Waals surface area contributed by atoms with Gasteiger partial charge in [-0.05, 0) is 25.0 Å². The Hall–Kier alpha value is -1.13. The van der Waals surface area contributed by atoms with Crippen LogP contribution in [0.2, 0.25) is 5.02 Å². The number of hydrogen-bond acceptors (Lipinski definition) is 3. The quantitative estimate of drug-likeness (QED) is 0.806. The minimum atomic E-state index is -0.276. The van der Waals surface area contributed by atoms with Crippen LogP contribution in [-0.4, -0.2) is 40.1 Å². The van der Waals surface area contributed by atoms with Gasteiger partial charge in [0.25, 0.3) is 5.91 Å². The lowest BCUT2D eigenvalue weighted by molar-refractivity contribution is 0.0541. The minimum Gasteiger partial charge on any atom is -0.393 e. The van der Waals surface area contributed by atoms with E-state index >= 15 is 0 Å². The number of carbonyl (C=O) groups excluding carboxylic acids is 1. The van der Waals surface area contributed by atoms with Crippen molar-refractivity contribution in [3.63, 3.8) is 0 Å². The van der Waals surface area contributed by atoms with Crippen LogP contribution < -0.4 is 0 Å². The average molecular weight is 241 g/mol. The zero-order valence-corrected chi connectivity index (χ0v) is 9.52. The molecule has 16 heavy (non-hydrogen) atoms. The van der Waals surface area contributed by atoms with Gasteiger partial charge in [-0.15, -0.1) is 0 Å². The fourth-order valence-electron chi connectivity index (χ4n) is 1.73. The molecule has 1 amide bonds. The molecule has 0 unspecified atom stereocenters. The average Bonchev–Trinajstić information content (AvgIpc) is 2.30. The highest BCUT2D eigenvalue weighted by molar-refractivity contribution is 6.30. The Bertz CT molecular complexity index is 372. The molecule has 0 saturated carbocycles. The van der Waals surface area contributed by atoms with Crippen LogP contribution in [0.1, 0.15) is 23.3 Å². The highest BCUT2D eigenvalue weighted by atomic mass is 35.5. The van der Waals surface area contributed by atoms with Gasteiger partial charge in [-0.2, -0.15) is 0 Å². The lowest BCUT2D eigenvalue weighted by Gasteiger charge is -2.29. The molecule has 0 spiro atoms. The molecule has 0 bridgehead atoms. The largest absolute Gasteiger partial charge is 0.393 e. The van der Waals surface area contributed by atoms with Gasteiger partial charge in [-0.25, -0.2) is 4.98 Å². The minimum absolute atomic E-state index is 0.0939. The van der Waals surface area contributed by atoms with Crippen LogP contribution in [0, 0.1) is 0 Å². The number of aliphatic hydroxyl groups is 1. The molecule has 0 aromatic carbocycles. The molecular formula is C11H13ClN2O2. The zero-order valence-electron chi connectivity index (χ0n) is 8.77. The summed E-state index contributed by atoms with van der Waals surface area (Å²) in [6.07, 6.45) is 2.47.